The van der Waals surface area contributed by atoms with Gasteiger partial charge in [-0.05, 0) is 42.2 Å². The number of nitrogens with one attached hydrogen (secondary N) is 1. The normalized spacial score (nSPS) is 13.7. The number of ether oxygens (including phenoxy) is 1. The second-order valence-electron chi connectivity index (χ2n) is 7.23. The maximum absolute atomic E-state index is 12.6. The van der Waals surface area contributed by atoms with Crippen LogP contribution >= 0.6 is 0 Å². The second-order valence-corrected chi connectivity index (χ2v) is 7.23. The molecule has 0 radical (unpaired) electrons. The van der Waals surface area contributed by atoms with E-state index in [1.165, 1.54) is 11.1 Å². The van der Waals surface area contributed by atoms with Gasteiger partial charge in [0.15, 0.2) is 0 Å². The lowest BCUT2D eigenvalue weighted by atomic mass is 9.99. The van der Waals surface area contributed by atoms with Gasteiger partial charge in [0.1, 0.15) is 11.6 Å². The van der Waals surface area contributed by atoms with Crippen LogP contribution in [0.15, 0.2) is 60.8 Å². The zero-order chi connectivity index (χ0) is 20.1. The first kappa shape index (κ1) is 19.2. The van der Waals surface area contributed by atoms with Crippen molar-refractivity contribution < 1.29 is 9.53 Å². The van der Waals surface area contributed by atoms with Crippen molar-refractivity contribution in [2.45, 2.75) is 26.4 Å². The predicted molar refractivity (Wildman–Crippen MR) is 113 cm³/mol. The fourth-order valence-corrected chi connectivity index (χ4v) is 3.69. The van der Waals surface area contributed by atoms with Gasteiger partial charge >= 0.3 is 0 Å². The Kier molecular flexibility index (Phi) is 5.91. The minimum Gasteiger partial charge on any atom is -0.494 e. The van der Waals surface area contributed by atoms with Crippen molar-refractivity contribution in [3.8, 4) is 5.75 Å². The molecule has 1 amide bonds. The molecule has 3 aromatic rings. The number of benzene rings is 2. The summed E-state index contributed by atoms with van der Waals surface area (Å²) in [4.78, 5) is 14.8. The van der Waals surface area contributed by atoms with E-state index >= 15 is 0 Å². The Balaban J connectivity index is 1.36. The Morgan fingerprint density at radius 3 is 2.83 bits per heavy atom. The van der Waals surface area contributed by atoms with Crippen LogP contribution in [-0.4, -0.2) is 40.3 Å². The standard InChI is InChI=1S/C23H26N4O2/c1-2-29-21-9-8-19-11-13-26(16-20(19)14-21)17-23(28)25-22-10-12-24-27(22)15-18-6-4-3-5-7-18/h3-10,12,14H,2,11,13,15-17H2,1H3,(H,25,28). The number of carbonyl (C=O) groups excluding carboxylic acids is 1. The third-order valence-corrected chi connectivity index (χ3v) is 5.11. The van der Waals surface area contributed by atoms with E-state index in [1.54, 1.807) is 6.20 Å². The van der Waals surface area contributed by atoms with E-state index in [4.69, 9.17) is 4.74 Å². The number of carbonyl (C=O) groups is 1. The molecule has 6 nitrogen and oxygen atoms in total. The molecule has 2 aromatic carbocycles. The number of hydrogen-bond acceptors (Lipinski definition) is 4. The quantitative estimate of drug-likeness (QED) is 0.672. The summed E-state index contributed by atoms with van der Waals surface area (Å²) >= 11 is 0. The zero-order valence-corrected chi connectivity index (χ0v) is 16.7. The van der Waals surface area contributed by atoms with Crippen LogP contribution in [0.25, 0.3) is 0 Å². The Hall–Kier alpha value is -3.12. The van der Waals surface area contributed by atoms with E-state index in [-0.39, 0.29) is 5.91 Å². The molecule has 0 saturated carbocycles. The first-order valence-corrected chi connectivity index (χ1v) is 10.0. The highest BCUT2D eigenvalue weighted by atomic mass is 16.5. The van der Waals surface area contributed by atoms with Gasteiger partial charge in [0.05, 0.1) is 25.9 Å². The summed E-state index contributed by atoms with van der Waals surface area (Å²) in [5.41, 5.74) is 3.72. The second kappa shape index (κ2) is 8.92. The average Bonchev–Trinajstić information content (AvgIpc) is 3.15. The van der Waals surface area contributed by atoms with E-state index in [0.29, 0.717) is 19.7 Å². The lowest BCUT2D eigenvalue weighted by Crippen LogP contribution is -2.37. The van der Waals surface area contributed by atoms with Crippen molar-refractivity contribution in [2.24, 2.45) is 0 Å². The molecule has 0 aliphatic carbocycles. The fraction of sp³-hybridized carbons (Fsp3) is 0.304. The molecular formula is C23H26N4O2. The largest absolute Gasteiger partial charge is 0.494 e. The lowest BCUT2D eigenvalue weighted by molar-refractivity contribution is -0.117. The highest BCUT2D eigenvalue weighted by Gasteiger charge is 2.19. The SMILES string of the molecule is CCOc1ccc2c(c1)CN(CC(=O)Nc1ccnn1Cc1ccccc1)CC2. The molecule has 0 atom stereocenters. The molecule has 1 aliphatic rings. The third-order valence-electron chi connectivity index (χ3n) is 5.11. The van der Waals surface area contributed by atoms with Gasteiger partial charge in [-0.3, -0.25) is 9.69 Å². The number of rotatable bonds is 7. The topological polar surface area (TPSA) is 59.4 Å². The Bertz CT molecular complexity index is 968. The van der Waals surface area contributed by atoms with Crippen molar-refractivity contribution in [2.75, 3.05) is 25.0 Å². The first-order chi connectivity index (χ1) is 14.2. The first-order valence-electron chi connectivity index (χ1n) is 10.0. The molecule has 1 aliphatic heterocycles. The van der Waals surface area contributed by atoms with E-state index < -0.39 is 0 Å². The molecule has 0 fully saturated rings. The van der Waals surface area contributed by atoms with Crippen molar-refractivity contribution in [1.82, 2.24) is 14.7 Å². The molecule has 150 valence electrons. The van der Waals surface area contributed by atoms with Gasteiger partial charge in [0.25, 0.3) is 0 Å². The van der Waals surface area contributed by atoms with Crippen LogP contribution in [0.1, 0.15) is 23.6 Å². The lowest BCUT2D eigenvalue weighted by Gasteiger charge is -2.28. The van der Waals surface area contributed by atoms with Crippen molar-refractivity contribution >= 4 is 11.7 Å². The average molecular weight is 390 g/mol. The van der Waals surface area contributed by atoms with Crippen LogP contribution in [-0.2, 0) is 24.3 Å². The van der Waals surface area contributed by atoms with Crippen LogP contribution in [0.2, 0.25) is 0 Å². The molecule has 4 rings (SSSR count). The van der Waals surface area contributed by atoms with Crippen molar-refractivity contribution in [3.63, 3.8) is 0 Å². The molecule has 29 heavy (non-hydrogen) atoms. The summed E-state index contributed by atoms with van der Waals surface area (Å²) in [7, 11) is 0. The van der Waals surface area contributed by atoms with Gasteiger partial charge in [0, 0.05) is 19.2 Å². The number of hydrogen-bond donors (Lipinski definition) is 1. The summed E-state index contributed by atoms with van der Waals surface area (Å²) in [5.74, 6) is 1.58. The molecule has 0 bridgehead atoms. The van der Waals surface area contributed by atoms with Crippen LogP contribution in [0.4, 0.5) is 5.82 Å². The minimum absolute atomic E-state index is 0.0239. The number of fused-ring (bicyclic) bond motifs is 1. The molecular weight excluding hydrogens is 364 g/mol. The van der Waals surface area contributed by atoms with Crippen LogP contribution < -0.4 is 10.1 Å². The number of aromatic nitrogens is 2. The number of amides is 1. The molecule has 0 saturated heterocycles. The van der Waals surface area contributed by atoms with Gasteiger partial charge in [-0.1, -0.05) is 36.4 Å². The van der Waals surface area contributed by atoms with Gasteiger partial charge in [0.2, 0.25) is 5.91 Å². The van der Waals surface area contributed by atoms with Gasteiger partial charge in [-0.25, -0.2) is 4.68 Å². The van der Waals surface area contributed by atoms with Gasteiger partial charge < -0.3 is 10.1 Å². The molecule has 1 aromatic heterocycles. The minimum atomic E-state index is -0.0239. The third kappa shape index (κ3) is 4.84. The summed E-state index contributed by atoms with van der Waals surface area (Å²) in [5, 5.41) is 7.35. The van der Waals surface area contributed by atoms with E-state index in [1.807, 2.05) is 41.9 Å². The van der Waals surface area contributed by atoms with Crippen LogP contribution in [0.3, 0.4) is 0 Å². The number of nitrogens with zero attached hydrogens (tertiary/aromatic N) is 3. The molecule has 2 heterocycles. The summed E-state index contributed by atoms with van der Waals surface area (Å²) in [6.45, 7) is 5.25. The molecule has 6 heteroatoms. The van der Waals surface area contributed by atoms with Gasteiger partial charge in [-0.15, -0.1) is 0 Å². The van der Waals surface area contributed by atoms with Crippen LogP contribution in [0, 0.1) is 0 Å². The highest BCUT2D eigenvalue weighted by molar-refractivity contribution is 5.91. The predicted octanol–water partition coefficient (Wildman–Crippen LogP) is 3.33. The maximum atomic E-state index is 12.6. The Morgan fingerprint density at radius 1 is 1.14 bits per heavy atom. The molecule has 0 spiro atoms. The smallest absolute Gasteiger partial charge is 0.239 e. The summed E-state index contributed by atoms with van der Waals surface area (Å²) < 4.78 is 7.43. The van der Waals surface area contributed by atoms with Crippen molar-refractivity contribution in [3.05, 3.63) is 77.5 Å². The van der Waals surface area contributed by atoms with Crippen LogP contribution in [0.5, 0.6) is 5.75 Å². The molecule has 1 N–H and O–H groups in total. The fourth-order valence-electron chi connectivity index (χ4n) is 3.69. The van der Waals surface area contributed by atoms with Crippen molar-refractivity contribution in [1.29, 1.82) is 0 Å². The maximum Gasteiger partial charge on any atom is 0.239 e. The summed E-state index contributed by atoms with van der Waals surface area (Å²) in [6.07, 6.45) is 2.66. The van der Waals surface area contributed by atoms with E-state index in [9.17, 15) is 4.79 Å². The monoisotopic (exact) mass is 390 g/mol. The summed E-state index contributed by atoms with van der Waals surface area (Å²) in [6, 6.07) is 18.2. The zero-order valence-electron chi connectivity index (χ0n) is 16.7. The number of anilines is 1. The van der Waals surface area contributed by atoms with Gasteiger partial charge in [-0.2, -0.15) is 5.10 Å². The van der Waals surface area contributed by atoms with E-state index in [2.05, 4.69) is 39.6 Å². The Morgan fingerprint density at radius 2 is 2.00 bits per heavy atom. The highest BCUT2D eigenvalue weighted by Crippen LogP contribution is 2.24. The van der Waals surface area contributed by atoms with E-state index in [0.717, 1.165) is 36.6 Å². The Labute approximate surface area is 171 Å². The molecule has 0 unspecified atom stereocenters.